The van der Waals surface area contributed by atoms with Crippen LogP contribution >= 0.6 is 0 Å². The Morgan fingerprint density at radius 1 is 1.33 bits per heavy atom. The van der Waals surface area contributed by atoms with Crippen LogP contribution in [-0.4, -0.2) is 34.1 Å². The molecule has 1 N–H and O–H groups in total. The van der Waals surface area contributed by atoms with Crippen molar-refractivity contribution in [3.8, 4) is 0 Å². The molecular weight excluding hydrogens is 298 g/mol. The number of nitrogens with zero attached hydrogens (tertiary/aromatic N) is 2. The molecule has 1 aliphatic rings. The van der Waals surface area contributed by atoms with Crippen molar-refractivity contribution in [2.75, 3.05) is 13.1 Å². The maximum Gasteiger partial charge on any atom is 0.222 e. The second-order valence-electron chi connectivity index (χ2n) is 6.92. The van der Waals surface area contributed by atoms with E-state index in [1.165, 1.54) is 24.0 Å². The van der Waals surface area contributed by atoms with E-state index in [0.29, 0.717) is 12.3 Å². The number of H-pyrrole nitrogens is 1. The van der Waals surface area contributed by atoms with Gasteiger partial charge in [-0.15, -0.1) is 0 Å². The summed E-state index contributed by atoms with van der Waals surface area (Å²) in [7, 11) is 0. The molecule has 24 heavy (non-hydrogen) atoms. The molecule has 3 rings (SSSR count). The summed E-state index contributed by atoms with van der Waals surface area (Å²) in [5.41, 5.74) is 3.93. The first-order valence-electron chi connectivity index (χ1n) is 9.02. The van der Waals surface area contributed by atoms with Crippen molar-refractivity contribution in [2.45, 2.75) is 45.4 Å². The van der Waals surface area contributed by atoms with Crippen LogP contribution in [0.3, 0.4) is 0 Å². The maximum atomic E-state index is 12.5. The van der Waals surface area contributed by atoms with Crippen LogP contribution in [-0.2, 0) is 17.6 Å². The van der Waals surface area contributed by atoms with E-state index < -0.39 is 0 Å². The molecule has 128 valence electrons. The summed E-state index contributed by atoms with van der Waals surface area (Å²) < 4.78 is 0. The number of carbonyl (C=O) groups is 1. The van der Waals surface area contributed by atoms with Crippen LogP contribution in [0, 0.1) is 12.8 Å². The number of carbonyl (C=O) groups excluding carboxylic acids is 1. The number of amides is 1. The van der Waals surface area contributed by atoms with Gasteiger partial charge >= 0.3 is 0 Å². The van der Waals surface area contributed by atoms with Crippen LogP contribution in [0.2, 0.25) is 0 Å². The van der Waals surface area contributed by atoms with Crippen molar-refractivity contribution in [1.29, 1.82) is 0 Å². The normalized spacial score (nSPS) is 17.9. The average Bonchev–Trinajstić information content (AvgIpc) is 3.13. The third-order valence-electron chi connectivity index (χ3n) is 5.14. The molecule has 1 aromatic carbocycles. The molecule has 2 aromatic rings. The number of piperidine rings is 1. The van der Waals surface area contributed by atoms with E-state index in [1.54, 1.807) is 6.20 Å². The van der Waals surface area contributed by atoms with Crippen molar-refractivity contribution >= 4 is 5.91 Å². The van der Waals surface area contributed by atoms with Crippen LogP contribution in [0.1, 0.15) is 42.4 Å². The molecule has 0 spiro atoms. The van der Waals surface area contributed by atoms with Gasteiger partial charge in [-0.3, -0.25) is 9.89 Å². The van der Waals surface area contributed by atoms with Crippen molar-refractivity contribution in [3.05, 3.63) is 53.3 Å². The highest BCUT2D eigenvalue weighted by molar-refractivity contribution is 5.76. The molecule has 0 unspecified atom stereocenters. The Morgan fingerprint density at radius 3 is 3.00 bits per heavy atom. The fourth-order valence-corrected chi connectivity index (χ4v) is 3.60. The standard InChI is InChI=1S/C20H27N3O/c1-16-5-2-3-7-19(16)10-8-17-6-4-12-23(15-17)20(24)11-9-18-13-21-22-14-18/h2-3,5,7,13-14,17H,4,6,8-12,15H2,1H3,(H,21,22)/t17-/m1/s1. The van der Waals surface area contributed by atoms with E-state index in [4.69, 9.17) is 0 Å². The smallest absolute Gasteiger partial charge is 0.222 e. The van der Waals surface area contributed by atoms with Crippen molar-refractivity contribution in [2.24, 2.45) is 5.92 Å². The number of rotatable bonds is 6. The quantitative estimate of drug-likeness (QED) is 0.883. The van der Waals surface area contributed by atoms with Gasteiger partial charge in [0.15, 0.2) is 0 Å². The van der Waals surface area contributed by atoms with Crippen LogP contribution in [0.5, 0.6) is 0 Å². The molecule has 0 aliphatic carbocycles. The molecule has 1 saturated heterocycles. The van der Waals surface area contributed by atoms with Crippen LogP contribution in [0.4, 0.5) is 0 Å². The summed E-state index contributed by atoms with van der Waals surface area (Å²) in [5.74, 6) is 0.924. The monoisotopic (exact) mass is 325 g/mol. The van der Waals surface area contributed by atoms with Crippen molar-refractivity contribution in [3.63, 3.8) is 0 Å². The highest BCUT2D eigenvalue weighted by Crippen LogP contribution is 2.23. The summed E-state index contributed by atoms with van der Waals surface area (Å²) in [5, 5.41) is 6.74. The Balaban J connectivity index is 1.47. The predicted octanol–water partition coefficient (Wildman–Crippen LogP) is 3.52. The first-order valence-corrected chi connectivity index (χ1v) is 9.02. The van der Waals surface area contributed by atoms with Gasteiger partial charge in [0, 0.05) is 25.7 Å². The molecule has 2 heterocycles. The van der Waals surface area contributed by atoms with Gasteiger partial charge in [-0.05, 0) is 61.6 Å². The highest BCUT2D eigenvalue weighted by Gasteiger charge is 2.23. The number of aryl methyl sites for hydroxylation is 3. The lowest BCUT2D eigenvalue weighted by atomic mass is 9.90. The van der Waals surface area contributed by atoms with Gasteiger partial charge in [0.2, 0.25) is 5.91 Å². The molecule has 1 fully saturated rings. The van der Waals surface area contributed by atoms with Gasteiger partial charge in [0.05, 0.1) is 6.20 Å². The Morgan fingerprint density at radius 2 is 2.21 bits per heavy atom. The zero-order valence-corrected chi connectivity index (χ0v) is 14.5. The number of hydrogen-bond donors (Lipinski definition) is 1. The van der Waals surface area contributed by atoms with Crippen LogP contribution in [0.15, 0.2) is 36.7 Å². The number of likely N-dealkylation sites (tertiary alicyclic amines) is 1. The molecule has 1 atom stereocenters. The molecule has 1 amide bonds. The lowest BCUT2D eigenvalue weighted by molar-refractivity contribution is -0.133. The topological polar surface area (TPSA) is 49.0 Å². The summed E-state index contributed by atoms with van der Waals surface area (Å²) in [6.45, 7) is 4.03. The Bertz CT molecular complexity index is 651. The lowest BCUT2D eigenvalue weighted by Crippen LogP contribution is -2.40. The summed E-state index contributed by atoms with van der Waals surface area (Å²) in [6, 6.07) is 8.63. The molecular formula is C20H27N3O. The van der Waals surface area contributed by atoms with Crippen molar-refractivity contribution in [1.82, 2.24) is 15.1 Å². The summed E-state index contributed by atoms with van der Waals surface area (Å²) in [4.78, 5) is 14.5. The maximum absolute atomic E-state index is 12.5. The highest BCUT2D eigenvalue weighted by atomic mass is 16.2. The van der Waals surface area contributed by atoms with Crippen molar-refractivity contribution < 1.29 is 4.79 Å². The Kier molecular flexibility index (Phi) is 5.68. The largest absolute Gasteiger partial charge is 0.342 e. The van der Waals surface area contributed by atoms with Gasteiger partial charge in [-0.1, -0.05) is 24.3 Å². The summed E-state index contributed by atoms with van der Waals surface area (Å²) in [6.07, 6.45) is 9.71. The van der Waals surface area contributed by atoms with Gasteiger partial charge in [0.25, 0.3) is 0 Å². The van der Waals surface area contributed by atoms with Gasteiger partial charge in [0.1, 0.15) is 0 Å². The number of hydrogen-bond acceptors (Lipinski definition) is 2. The molecule has 0 saturated carbocycles. The SMILES string of the molecule is Cc1ccccc1CC[C@H]1CCCN(C(=O)CCc2cn[nH]c2)C1. The minimum atomic E-state index is 0.289. The van der Waals surface area contributed by atoms with Gasteiger partial charge < -0.3 is 4.90 Å². The minimum absolute atomic E-state index is 0.289. The van der Waals surface area contributed by atoms with Gasteiger partial charge in [-0.25, -0.2) is 0 Å². The minimum Gasteiger partial charge on any atom is -0.342 e. The molecule has 1 aliphatic heterocycles. The summed E-state index contributed by atoms with van der Waals surface area (Å²) >= 11 is 0. The zero-order chi connectivity index (χ0) is 16.8. The number of nitrogens with one attached hydrogen (secondary N) is 1. The lowest BCUT2D eigenvalue weighted by Gasteiger charge is -2.33. The third kappa shape index (κ3) is 4.47. The molecule has 1 aromatic heterocycles. The predicted molar refractivity (Wildman–Crippen MR) is 95.7 cm³/mol. The van der Waals surface area contributed by atoms with E-state index in [0.717, 1.165) is 37.9 Å². The van der Waals surface area contributed by atoms with Gasteiger partial charge in [-0.2, -0.15) is 5.10 Å². The molecule has 4 nitrogen and oxygen atoms in total. The number of aromatic amines is 1. The number of aromatic nitrogens is 2. The first kappa shape index (κ1) is 16.7. The van der Waals surface area contributed by atoms with E-state index in [2.05, 4.69) is 46.3 Å². The van der Waals surface area contributed by atoms with E-state index in [1.807, 2.05) is 6.20 Å². The fraction of sp³-hybridized carbons (Fsp3) is 0.500. The molecule has 4 heteroatoms. The fourth-order valence-electron chi connectivity index (χ4n) is 3.60. The third-order valence-corrected chi connectivity index (χ3v) is 5.14. The van der Waals surface area contributed by atoms with Crippen LogP contribution in [0.25, 0.3) is 0 Å². The Labute approximate surface area is 144 Å². The molecule has 0 radical (unpaired) electrons. The second-order valence-corrected chi connectivity index (χ2v) is 6.92. The average molecular weight is 325 g/mol. The van der Waals surface area contributed by atoms with E-state index >= 15 is 0 Å². The van der Waals surface area contributed by atoms with E-state index in [-0.39, 0.29) is 5.91 Å². The van der Waals surface area contributed by atoms with Crippen LogP contribution < -0.4 is 0 Å². The van der Waals surface area contributed by atoms with E-state index in [9.17, 15) is 4.79 Å². The number of benzene rings is 1. The first-order chi connectivity index (χ1) is 11.7. The second kappa shape index (κ2) is 8.13. The zero-order valence-electron chi connectivity index (χ0n) is 14.5. The molecule has 0 bridgehead atoms. The Hall–Kier alpha value is -2.10.